The first-order valence-electron chi connectivity index (χ1n) is 11.2. The van der Waals surface area contributed by atoms with Crippen molar-refractivity contribution in [1.29, 1.82) is 0 Å². The zero-order chi connectivity index (χ0) is 24.7. The third-order valence-corrected chi connectivity index (χ3v) is 6.47. The highest BCUT2D eigenvalue weighted by atomic mass is 19.4. The van der Waals surface area contributed by atoms with Crippen LogP contribution in [0.15, 0.2) is 42.6 Å². The highest BCUT2D eigenvalue weighted by Crippen LogP contribution is 2.39. The van der Waals surface area contributed by atoms with E-state index in [-0.39, 0.29) is 29.8 Å². The number of nitrogens with one attached hydrogen (secondary N) is 1. The normalized spacial score (nSPS) is 22.4. The number of rotatable bonds is 6. The molecule has 3 N–H and O–H groups in total. The van der Waals surface area contributed by atoms with Crippen molar-refractivity contribution in [2.75, 3.05) is 4.90 Å². The van der Waals surface area contributed by atoms with E-state index < -0.39 is 23.2 Å². The Kier molecular flexibility index (Phi) is 6.18. The number of benzene rings is 1. The van der Waals surface area contributed by atoms with Crippen molar-refractivity contribution >= 4 is 17.6 Å². The van der Waals surface area contributed by atoms with Crippen molar-refractivity contribution in [2.24, 2.45) is 5.73 Å². The van der Waals surface area contributed by atoms with Gasteiger partial charge >= 0.3 is 6.18 Å². The van der Waals surface area contributed by atoms with E-state index >= 15 is 0 Å². The first-order chi connectivity index (χ1) is 15.9. The highest BCUT2D eigenvalue weighted by molar-refractivity contribution is 5.92. The van der Waals surface area contributed by atoms with Crippen LogP contribution in [-0.4, -0.2) is 40.5 Å². The molecule has 2 saturated heterocycles. The quantitative estimate of drug-likeness (QED) is 0.663. The lowest BCUT2D eigenvalue weighted by atomic mass is 9.96. The lowest BCUT2D eigenvalue weighted by Crippen LogP contribution is -2.55. The van der Waals surface area contributed by atoms with Crippen LogP contribution >= 0.6 is 0 Å². The third-order valence-electron chi connectivity index (χ3n) is 6.47. The fraction of sp³-hybridized carbons (Fsp3) is 0.458. The zero-order valence-corrected chi connectivity index (χ0v) is 18.9. The standard InChI is InChI=1S/C24H27F3N4O3/c1-23(2,34-19-8-4-15(5-9-19)24(25,26)27)22(33)30-16-11-17-6-7-18(12-16)31(17)20-10-3-14(13-29-20)21(28)32/h3-5,8-10,13,16-18H,6-7,11-12H2,1-2H3,(H2,28,32)(H,30,33). The number of carbonyl (C=O) groups excluding carboxylic acids is 2. The van der Waals surface area contributed by atoms with Gasteiger partial charge < -0.3 is 20.7 Å². The van der Waals surface area contributed by atoms with Crippen LogP contribution in [-0.2, 0) is 11.0 Å². The summed E-state index contributed by atoms with van der Waals surface area (Å²) < 4.78 is 44.0. The summed E-state index contributed by atoms with van der Waals surface area (Å²) in [6, 6.07) is 8.11. The molecule has 182 valence electrons. The van der Waals surface area contributed by atoms with Crippen molar-refractivity contribution in [3.05, 3.63) is 53.7 Å². The van der Waals surface area contributed by atoms with Crippen LogP contribution in [0.4, 0.5) is 19.0 Å². The van der Waals surface area contributed by atoms with E-state index in [1.54, 1.807) is 26.0 Å². The molecule has 2 fully saturated rings. The molecule has 2 atom stereocenters. The molecule has 2 aliphatic rings. The van der Waals surface area contributed by atoms with Crippen molar-refractivity contribution in [3.8, 4) is 5.75 Å². The second-order valence-electron chi connectivity index (χ2n) is 9.34. The Labute approximate surface area is 195 Å². The number of primary amides is 1. The molecule has 2 amide bonds. The number of amides is 2. The molecule has 1 aromatic carbocycles. The van der Waals surface area contributed by atoms with Crippen molar-refractivity contribution in [1.82, 2.24) is 10.3 Å². The van der Waals surface area contributed by atoms with E-state index in [1.807, 2.05) is 0 Å². The van der Waals surface area contributed by atoms with Gasteiger partial charge in [-0.2, -0.15) is 13.2 Å². The van der Waals surface area contributed by atoms with Gasteiger partial charge in [0, 0.05) is 24.3 Å². The molecule has 0 aliphatic carbocycles. The summed E-state index contributed by atoms with van der Waals surface area (Å²) in [4.78, 5) is 30.9. The molecule has 4 rings (SSSR count). The lowest BCUT2D eigenvalue weighted by molar-refractivity contribution is -0.138. The fourth-order valence-corrected chi connectivity index (χ4v) is 4.77. The van der Waals surface area contributed by atoms with Gasteiger partial charge in [-0.25, -0.2) is 4.98 Å². The SMILES string of the molecule is CC(C)(Oc1ccc(C(F)(F)F)cc1)C(=O)NC1CC2CCC(C1)N2c1ccc(C(N)=O)cn1. The number of aromatic nitrogens is 1. The predicted octanol–water partition coefficient (Wildman–Crippen LogP) is 3.67. The molecule has 2 bridgehead atoms. The molecule has 3 heterocycles. The van der Waals surface area contributed by atoms with E-state index in [1.165, 1.54) is 18.3 Å². The summed E-state index contributed by atoms with van der Waals surface area (Å²) in [5, 5.41) is 3.06. The number of piperidine rings is 1. The van der Waals surface area contributed by atoms with Crippen LogP contribution in [0, 0.1) is 0 Å². The third kappa shape index (κ3) is 4.95. The zero-order valence-electron chi connectivity index (χ0n) is 18.9. The summed E-state index contributed by atoms with van der Waals surface area (Å²) in [7, 11) is 0. The molecule has 2 unspecified atom stereocenters. The molecule has 2 aliphatic heterocycles. The maximum absolute atomic E-state index is 13.0. The molecular weight excluding hydrogens is 449 g/mol. The predicted molar refractivity (Wildman–Crippen MR) is 119 cm³/mol. The Hall–Kier alpha value is -3.30. The van der Waals surface area contributed by atoms with Gasteiger partial charge in [0.2, 0.25) is 5.91 Å². The molecule has 0 radical (unpaired) electrons. The second-order valence-corrected chi connectivity index (χ2v) is 9.34. The minimum absolute atomic E-state index is 0.0541. The summed E-state index contributed by atoms with van der Waals surface area (Å²) >= 11 is 0. The van der Waals surface area contributed by atoms with Gasteiger partial charge in [-0.1, -0.05) is 0 Å². The largest absolute Gasteiger partial charge is 0.478 e. The number of ether oxygens (including phenoxy) is 1. The first-order valence-corrected chi connectivity index (χ1v) is 11.2. The first kappa shape index (κ1) is 23.8. The fourth-order valence-electron chi connectivity index (χ4n) is 4.77. The maximum atomic E-state index is 13.0. The molecule has 0 spiro atoms. The summed E-state index contributed by atoms with van der Waals surface area (Å²) in [5.74, 6) is 0.125. The average Bonchev–Trinajstić information content (AvgIpc) is 3.03. The Morgan fingerprint density at radius 2 is 1.68 bits per heavy atom. The molecule has 2 aromatic rings. The highest BCUT2D eigenvalue weighted by Gasteiger charge is 2.43. The van der Waals surface area contributed by atoms with Crippen LogP contribution in [0.25, 0.3) is 0 Å². The summed E-state index contributed by atoms with van der Waals surface area (Å²) in [6.45, 7) is 3.18. The number of hydrogen-bond acceptors (Lipinski definition) is 5. The minimum Gasteiger partial charge on any atom is -0.478 e. The Morgan fingerprint density at radius 1 is 1.06 bits per heavy atom. The van der Waals surface area contributed by atoms with Crippen molar-refractivity contribution in [2.45, 2.75) is 69.4 Å². The van der Waals surface area contributed by atoms with Gasteiger partial charge in [0.25, 0.3) is 5.91 Å². The monoisotopic (exact) mass is 476 g/mol. The molecule has 0 saturated carbocycles. The Morgan fingerprint density at radius 3 is 2.18 bits per heavy atom. The van der Waals surface area contributed by atoms with E-state index in [9.17, 15) is 22.8 Å². The number of fused-ring (bicyclic) bond motifs is 2. The van der Waals surface area contributed by atoms with Gasteiger partial charge in [-0.15, -0.1) is 0 Å². The molecular formula is C24H27F3N4O3. The van der Waals surface area contributed by atoms with Gasteiger partial charge in [0.1, 0.15) is 11.6 Å². The number of nitrogens with two attached hydrogens (primary N) is 1. The number of hydrogen-bond donors (Lipinski definition) is 2. The maximum Gasteiger partial charge on any atom is 0.416 e. The lowest BCUT2D eigenvalue weighted by Gasteiger charge is -2.40. The number of carbonyl (C=O) groups is 2. The average molecular weight is 476 g/mol. The van der Waals surface area contributed by atoms with Gasteiger partial charge in [0.05, 0.1) is 11.1 Å². The Bertz CT molecular complexity index is 1040. The summed E-state index contributed by atoms with van der Waals surface area (Å²) in [6.07, 6.45) is 0.463. The van der Waals surface area contributed by atoms with Crippen LogP contribution in [0.2, 0.25) is 0 Å². The molecule has 34 heavy (non-hydrogen) atoms. The number of halogens is 3. The smallest absolute Gasteiger partial charge is 0.416 e. The van der Waals surface area contributed by atoms with E-state index in [0.29, 0.717) is 5.56 Å². The number of nitrogens with zero attached hydrogens (tertiary/aromatic N) is 2. The minimum atomic E-state index is -4.43. The van der Waals surface area contributed by atoms with E-state index in [4.69, 9.17) is 10.5 Å². The van der Waals surface area contributed by atoms with Gasteiger partial charge in [-0.3, -0.25) is 9.59 Å². The van der Waals surface area contributed by atoms with Crippen LogP contribution in [0.5, 0.6) is 5.75 Å². The van der Waals surface area contributed by atoms with E-state index in [0.717, 1.165) is 43.6 Å². The van der Waals surface area contributed by atoms with Crippen LogP contribution in [0.1, 0.15) is 55.5 Å². The van der Waals surface area contributed by atoms with Crippen molar-refractivity contribution in [3.63, 3.8) is 0 Å². The number of anilines is 1. The molecule has 10 heteroatoms. The number of alkyl halides is 3. The second kappa shape index (κ2) is 8.81. The number of pyridine rings is 1. The van der Waals surface area contributed by atoms with E-state index in [2.05, 4.69) is 15.2 Å². The molecule has 7 nitrogen and oxygen atoms in total. The Balaban J connectivity index is 1.37. The van der Waals surface area contributed by atoms with Gasteiger partial charge in [-0.05, 0) is 75.9 Å². The van der Waals surface area contributed by atoms with Crippen LogP contribution in [0.3, 0.4) is 0 Å². The van der Waals surface area contributed by atoms with Gasteiger partial charge in [0.15, 0.2) is 5.60 Å². The molecule has 1 aromatic heterocycles. The topological polar surface area (TPSA) is 97.5 Å². The van der Waals surface area contributed by atoms with Crippen LogP contribution < -0.4 is 20.7 Å². The van der Waals surface area contributed by atoms with Crippen molar-refractivity contribution < 1.29 is 27.5 Å². The summed E-state index contributed by atoms with van der Waals surface area (Å²) in [5.41, 5.74) is 3.61.